The largest absolute Gasteiger partial charge is 0.467 e. The third-order valence-electron chi connectivity index (χ3n) is 2.12. The van der Waals surface area contributed by atoms with Crippen molar-refractivity contribution in [3.05, 3.63) is 23.3 Å². The maximum absolute atomic E-state index is 11.5. The zero-order valence-electron chi connectivity index (χ0n) is 7.60. The minimum absolute atomic E-state index is 0.160. The fourth-order valence-corrected chi connectivity index (χ4v) is 2.44. The van der Waals surface area contributed by atoms with E-state index >= 15 is 0 Å². The van der Waals surface area contributed by atoms with Gasteiger partial charge in [0.15, 0.2) is 6.04 Å². The Morgan fingerprint density at radius 3 is 3.21 bits per heavy atom. The Bertz CT molecular complexity index is 348. The van der Waals surface area contributed by atoms with Crippen molar-refractivity contribution in [2.45, 2.75) is 6.04 Å². The first-order valence-electron chi connectivity index (χ1n) is 4.17. The number of methoxy groups -OCH3 is 1. The van der Waals surface area contributed by atoms with E-state index in [2.05, 4.69) is 4.74 Å². The molecule has 1 saturated heterocycles. The zero-order valence-corrected chi connectivity index (χ0v) is 8.41. The average Bonchev–Trinajstić information content (AvgIpc) is 2.53. The standard InChI is InChI=1S/C9H9NO3S/c1-13-8(11)7-9(12)14-6-4-2-3-5-10(6)7/h2-4,7H,5H2,1H3. The molecule has 14 heavy (non-hydrogen) atoms. The van der Waals surface area contributed by atoms with Crippen LogP contribution in [0.3, 0.4) is 0 Å². The number of allylic oxidation sites excluding steroid dienone is 2. The van der Waals surface area contributed by atoms with Crippen LogP contribution in [-0.4, -0.2) is 35.7 Å². The van der Waals surface area contributed by atoms with Gasteiger partial charge in [0, 0.05) is 6.54 Å². The van der Waals surface area contributed by atoms with Crippen molar-refractivity contribution in [1.29, 1.82) is 0 Å². The molecule has 1 fully saturated rings. The van der Waals surface area contributed by atoms with Crippen molar-refractivity contribution in [3.8, 4) is 0 Å². The molecule has 1 unspecified atom stereocenters. The van der Waals surface area contributed by atoms with E-state index in [1.165, 1.54) is 7.11 Å². The molecule has 1 atom stereocenters. The number of esters is 1. The molecule has 2 aliphatic heterocycles. The highest BCUT2D eigenvalue weighted by molar-refractivity contribution is 8.17. The van der Waals surface area contributed by atoms with Crippen LogP contribution in [0.1, 0.15) is 0 Å². The van der Waals surface area contributed by atoms with Gasteiger partial charge >= 0.3 is 5.97 Å². The van der Waals surface area contributed by atoms with E-state index in [0.717, 1.165) is 16.8 Å². The molecule has 0 bridgehead atoms. The molecule has 74 valence electrons. The number of hydrogen-bond donors (Lipinski definition) is 0. The summed E-state index contributed by atoms with van der Waals surface area (Å²) in [6, 6.07) is -0.763. The quantitative estimate of drug-likeness (QED) is 0.467. The minimum atomic E-state index is -0.763. The van der Waals surface area contributed by atoms with E-state index in [0.29, 0.717) is 6.54 Å². The highest BCUT2D eigenvalue weighted by Crippen LogP contribution is 2.35. The van der Waals surface area contributed by atoms with Crippen LogP contribution >= 0.6 is 11.8 Å². The molecule has 0 saturated carbocycles. The Balaban J connectivity index is 2.27. The molecule has 2 aliphatic rings. The average molecular weight is 211 g/mol. The molecule has 0 aromatic carbocycles. The van der Waals surface area contributed by atoms with Gasteiger partial charge in [-0.05, 0) is 17.8 Å². The van der Waals surface area contributed by atoms with Crippen LogP contribution in [0.2, 0.25) is 0 Å². The van der Waals surface area contributed by atoms with Crippen LogP contribution in [0.5, 0.6) is 0 Å². The summed E-state index contributed by atoms with van der Waals surface area (Å²) in [5, 5.41) is 0.666. The molecule has 0 aliphatic carbocycles. The summed E-state index contributed by atoms with van der Waals surface area (Å²) >= 11 is 1.10. The van der Waals surface area contributed by atoms with Crippen molar-refractivity contribution in [1.82, 2.24) is 4.90 Å². The van der Waals surface area contributed by atoms with Gasteiger partial charge in [0.25, 0.3) is 0 Å². The van der Waals surface area contributed by atoms with Gasteiger partial charge in [0.1, 0.15) is 0 Å². The monoisotopic (exact) mass is 211 g/mol. The molecule has 2 rings (SSSR count). The summed E-state index contributed by atoms with van der Waals surface area (Å²) in [5.74, 6) is -0.485. The van der Waals surface area contributed by atoms with Crippen LogP contribution in [0.15, 0.2) is 23.3 Å². The van der Waals surface area contributed by atoms with E-state index in [-0.39, 0.29) is 5.12 Å². The summed E-state index contributed by atoms with van der Waals surface area (Å²) < 4.78 is 4.59. The first-order valence-corrected chi connectivity index (χ1v) is 4.98. The van der Waals surface area contributed by atoms with E-state index in [9.17, 15) is 9.59 Å². The van der Waals surface area contributed by atoms with Gasteiger partial charge in [0.2, 0.25) is 5.12 Å². The van der Waals surface area contributed by atoms with E-state index in [1.807, 2.05) is 18.2 Å². The molecule has 0 spiro atoms. The predicted molar refractivity (Wildman–Crippen MR) is 52.3 cm³/mol. The maximum atomic E-state index is 11.5. The second kappa shape index (κ2) is 3.49. The van der Waals surface area contributed by atoms with Crippen LogP contribution in [0, 0.1) is 0 Å². The Morgan fingerprint density at radius 2 is 2.50 bits per heavy atom. The maximum Gasteiger partial charge on any atom is 0.337 e. The molecular weight excluding hydrogens is 202 g/mol. The van der Waals surface area contributed by atoms with Crippen LogP contribution < -0.4 is 0 Å². The summed E-state index contributed by atoms with van der Waals surface area (Å²) in [7, 11) is 1.29. The second-order valence-electron chi connectivity index (χ2n) is 2.93. The number of fused-ring (bicyclic) bond motifs is 1. The van der Waals surface area contributed by atoms with Gasteiger partial charge in [-0.3, -0.25) is 4.79 Å². The number of hydrogen-bond acceptors (Lipinski definition) is 5. The number of thioether (sulfide) groups is 1. The first kappa shape index (κ1) is 9.33. The molecule has 0 N–H and O–H groups in total. The molecule has 4 nitrogen and oxygen atoms in total. The third-order valence-corrected chi connectivity index (χ3v) is 3.13. The van der Waals surface area contributed by atoms with Gasteiger partial charge in [-0.1, -0.05) is 12.2 Å². The van der Waals surface area contributed by atoms with E-state index in [1.54, 1.807) is 4.90 Å². The van der Waals surface area contributed by atoms with Crippen molar-refractivity contribution in [2.75, 3.05) is 13.7 Å². The Hall–Kier alpha value is -1.23. The van der Waals surface area contributed by atoms with Gasteiger partial charge in [-0.15, -0.1) is 0 Å². The third kappa shape index (κ3) is 1.33. The smallest absolute Gasteiger partial charge is 0.337 e. The van der Waals surface area contributed by atoms with Crippen molar-refractivity contribution in [2.24, 2.45) is 0 Å². The van der Waals surface area contributed by atoms with Gasteiger partial charge in [-0.25, -0.2) is 4.79 Å². The van der Waals surface area contributed by atoms with E-state index < -0.39 is 12.0 Å². The Kier molecular flexibility index (Phi) is 2.33. The Labute approximate surface area is 85.6 Å². The summed E-state index contributed by atoms with van der Waals surface area (Å²) in [6.45, 7) is 0.588. The minimum Gasteiger partial charge on any atom is -0.467 e. The molecule has 2 heterocycles. The number of carbonyl (C=O) groups is 2. The molecule has 5 heteroatoms. The summed E-state index contributed by atoms with van der Waals surface area (Å²) in [4.78, 5) is 24.6. The Morgan fingerprint density at radius 1 is 1.71 bits per heavy atom. The lowest BCUT2D eigenvalue weighted by atomic mass is 10.2. The lowest BCUT2D eigenvalue weighted by molar-refractivity contribution is -0.147. The van der Waals surface area contributed by atoms with Crippen molar-refractivity contribution < 1.29 is 14.3 Å². The lowest BCUT2D eigenvalue weighted by Crippen LogP contribution is -2.40. The summed E-state index contributed by atoms with van der Waals surface area (Å²) in [5.41, 5.74) is 0. The van der Waals surface area contributed by atoms with Crippen molar-refractivity contribution in [3.63, 3.8) is 0 Å². The summed E-state index contributed by atoms with van der Waals surface area (Å²) in [6.07, 6.45) is 5.61. The molecular formula is C9H9NO3S. The zero-order chi connectivity index (χ0) is 10.1. The van der Waals surface area contributed by atoms with Crippen LogP contribution in [0.4, 0.5) is 0 Å². The number of nitrogens with zero attached hydrogens (tertiary/aromatic N) is 1. The topological polar surface area (TPSA) is 46.6 Å². The highest BCUT2D eigenvalue weighted by Gasteiger charge is 2.42. The fourth-order valence-electron chi connectivity index (χ4n) is 1.46. The predicted octanol–water partition coefficient (Wildman–Crippen LogP) is 0.515. The number of ether oxygens (including phenoxy) is 1. The first-order chi connectivity index (χ1) is 6.74. The van der Waals surface area contributed by atoms with E-state index in [4.69, 9.17) is 0 Å². The van der Waals surface area contributed by atoms with Crippen LogP contribution in [-0.2, 0) is 14.3 Å². The fraction of sp³-hybridized carbons (Fsp3) is 0.333. The molecule has 0 aromatic rings. The molecule has 0 amide bonds. The molecule has 0 radical (unpaired) electrons. The normalized spacial score (nSPS) is 24.6. The highest BCUT2D eigenvalue weighted by atomic mass is 32.2. The van der Waals surface area contributed by atoms with Gasteiger partial charge < -0.3 is 9.64 Å². The van der Waals surface area contributed by atoms with Crippen LogP contribution in [0.25, 0.3) is 0 Å². The molecule has 0 aromatic heterocycles. The van der Waals surface area contributed by atoms with Gasteiger partial charge in [0.05, 0.1) is 12.1 Å². The van der Waals surface area contributed by atoms with Crippen molar-refractivity contribution >= 4 is 22.8 Å². The second-order valence-corrected chi connectivity index (χ2v) is 3.96. The number of rotatable bonds is 1. The van der Waals surface area contributed by atoms with Gasteiger partial charge in [-0.2, -0.15) is 0 Å². The SMILES string of the molecule is COC(=O)C1C(=O)SC2=CC=CCN21. The number of carbonyl (C=O) groups excluding carboxylic acids is 2. The lowest BCUT2D eigenvalue weighted by Gasteiger charge is -2.23.